The smallest absolute Gasteiger partial charge is 0.375 e. The van der Waals surface area contributed by atoms with Gasteiger partial charge < -0.3 is 14.9 Å². The Kier molecular flexibility index (Phi) is 3.88. The van der Waals surface area contributed by atoms with Crippen LogP contribution in [0.25, 0.3) is 0 Å². The van der Waals surface area contributed by atoms with Crippen LogP contribution >= 0.6 is 0 Å². The van der Waals surface area contributed by atoms with Crippen molar-refractivity contribution in [2.24, 2.45) is 0 Å². The lowest BCUT2D eigenvalue weighted by molar-refractivity contribution is -0.202. The highest BCUT2D eigenvalue weighted by Crippen LogP contribution is 2.17. The molecular weight excluding hydrogens is 236 g/mol. The van der Waals surface area contributed by atoms with Gasteiger partial charge in [-0.25, -0.2) is 4.79 Å². The van der Waals surface area contributed by atoms with E-state index in [9.17, 15) is 19.8 Å². The minimum Gasteiger partial charge on any atom is -0.456 e. The molecule has 0 aliphatic rings. The zero-order chi connectivity index (χ0) is 14.0. The predicted octanol–water partition coefficient (Wildman–Crippen LogP) is 0.892. The Balaban J connectivity index is 2.93. The lowest BCUT2D eigenvalue weighted by Crippen LogP contribution is -2.49. The van der Waals surface area contributed by atoms with E-state index < -0.39 is 23.1 Å². The van der Waals surface area contributed by atoms with E-state index in [0.29, 0.717) is 0 Å². The summed E-state index contributed by atoms with van der Waals surface area (Å²) in [5.41, 5.74) is -0.890. The molecule has 1 rings (SSSR count). The van der Waals surface area contributed by atoms with E-state index in [1.54, 1.807) is 39.0 Å². The second-order valence-electron chi connectivity index (χ2n) is 4.87. The second kappa shape index (κ2) is 4.88. The van der Waals surface area contributed by atoms with Gasteiger partial charge in [0.25, 0.3) is 0 Å². The van der Waals surface area contributed by atoms with Gasteiger partial charge in [0.05, 0.1) is 0 Å². The number of carbonyl (C=O) groups excluding carboxylic acids is 2. The fraction of sp³-hybridized carbons (Fsp3) is 0.385. The third-order valence-corrected chi connectivity index (χ3v) is 2.04. The molecule has 0 heterocycles. The quantitative estimate of drug-likeness (QED) is 0.361. The molecule has 0 atom stereocenters. The van der Waals surface area contributed by atoms with Gasteiger partial charge in [-0.3, -0.25) is 4.79 Å². The van der Waals surface area contributed by atoms with Crippen LogP contribution in [-0.2, 0) is 9.53 Å². The summed E-state index contributed by atoms with van der Waals surface area (Å²) in [5.74, 6) is -5.67. The molecule has 98 valence electrons. The van der Waals surface area contributed by atoms with E-state index in [4.69, 9.17) is 4.74 Å². The van der Waals surface area contributed by atoms with Gasteiger partial charge in [0, 0.05) is 5.56 Å². The third-order valence-electron chi connectivity index (χ3n) is 2.04. The maximum absolute atomic E-state index is 11.8. The van der Waals surface area contributed by atoms with Crippen molar-refractivity contribution in [1.82, 2.24) is 0 Å². The van der Waals surface area contributed by atoms with Crippen molar-refractivity contribution in [3.63, 3.8) is 0 Å². The van der Waals surface area contributed by atoms with Gasteiger partial charge in [-0.05, 0) is 20.8 Å². The minimum absolute atomic E-state index is 0.0216. The minimum atomic E-state index is -3.17. The summed E-state index contributed by atoms with van der Waals surface area (Å²) in [6, 6.07) is 7.54. The molecule has 0 aliphatic carbocycles. The molecule has 0 amide bonds. The van der Waals surface area contributed by atoms with Crippen LogP contribution in [0.3, 0.4) is 0 Å². The van der Waals surface area contributed by atoms with Crippen molar-refractivity contribution in [2.75, 3.05) is 0 Å². The number of hydrogen-bond acceptors (Lipinski definition) is 5. The van der Waals surface area contributed by atoms with E-state index in [-0.39, 0.29) is 5.56 Å². The monoisotopic (exact) mass is 252 g/mol. The first-order valence-electron chi connectivity index (χ1n) is 5.42. The Morgan fingerprint density at radius 3 is 2.00 bits per heavy atom. The molecule has 0 bridgehead atoms. The lowest BCUT2D eigenvalue weighted by atomic mass is 10.0. The Labute approximate surface area is 105 Å². The molecule has 0 saturated heterocycles. The molecule has 0 radical (unpaired) electrons. The molecule has 1 aromatic rings. The predicted molar refractivity (Wildman–Crippen MR) is 63.8 cm³/mol. The highest BCUT2D eigenvalue weighted by atomic mass is 16.6. The lowest BCUT2D eigenvalue weighted by Gasteiger charge is -2.25. The van der Waals surface area contributed by atoms with Gasteiger partial charge in [-0.15, -0.1) is 0 Å². The number of Topliss-reactive ketones (excluding diaryl/α,β-unsaturated/α-hetero) is 1. The molecule has 0 aromatic heterocycles. The average Bonchev–Trinajstić information content (AvgIpc) is 2.27. The fourth-order valence-corrected chi connectivity index (χ4v) is 1.23. The van der Waals surface area contributed by atoms with Crippen LogP contribution < -0.4 is 0 Å². The molecule has 2 N–H and O–H groups in total. The molecule has 1 aromatic carbocycles. The number of esters is 1. The van der Waals surface area contributed by atoms with Gasteiger partial charge in [0.2, 0.25) is 5.78 Å². The number of hydrogen-bond donors (Lipinski definition) is 2. The van der Waals surface area contributed by atoms with Crippen LogP contribution in [0.2, 0.25) is 0 Å². The third kappa shape index (κ3) is 3.38. The summed E-state index contributed by atoms with van der Waals surface area (Å²) < 4.78 is 4.79. The highest BCUT2D eigenvalue weighted by molar-refractivity contribution is 6.13. The van der Waals surface area contributed by atoms with Crippen LogP contribution in [-0.4, -0.2) is 33.4 Å². The first-order chi connectivity index (χ1) is 8.14. The summed E-state index contributed by atoms with van der Waals surface area (Å²) in [4.78, 5) is 23.3. The van der Waals surface area contributed by atoms with Gasteiger partial charge in [-0.1, -0.05) is 30.3 Å². The molecular formula is C13H16O5. The Bertz CT molecular complexity index is 442. The Morgan fingerprint density at radius 2 is 1.56 bits per heavy atom. The molecule has 0 spiro atoms. The maximum atomic E-state index is 11.8. The van der Waals surface area contributed by atoms with Gasteiger partial charge in [0.15, 0.2) is 0 Å². The zero-order valence-electron chi connectivity index (χ0n) is 10.5. The van der Waals surface area contributed by atoms with Gasteiger partial charge in [0.1, 0.15) is 5.60 Å². The Hall–Kier alpha value is -1.72. The first-order valence-corrected chi connectivity index (χ1v) is 5.42. The van der Waals surface area contributed by atoms with Crippen molar-refractivity contribution in [2.45, 2.75) is 32.2 Å². The first kappa shape index (κ1) is 14.3. The molecule has 0 aliphatic heterocycles. The van der Waals surface area contributed by atoms with E-state index >= 15 is 0 Å². The SMILES string of the molecule is CC(C)(C)OC(=O)C(O)(O)C(=O)c1ccccc1. The summed E-state index contributed by atoms with van der Waals surface area (Å²) in [6.07, 6.45) is 0. The van der Waals surface area contributed by atoms with Gasteiger partial charge >= 0.3 is 11.8 Å². The number of aliphatic hydroxyl groups is 2. The topological polar surface area (TPSA) is 83.8 Å². The Morgan fingerprint density at radius 1 is 1.06 bits per heavy atom. The highest BCUT2D eigenvalue weighted by Gasteiger charge is 2.45. The second-order valence-corrected chi connectivity index (χ2v) is 4.87. The van der Waals surface area contributed by atoms with Crippen LogP contribution in [0.15, 0.2) is 30.3 Å². The fourth-order valence-electron chi connectivity index (χ4n) is 1.23. The standard InChI is InChI=1S/C13H16O5/c1-12(2,3)18-11(15)13(16,17)10(14)9-7-5-4-6-8-9/h4-8,16-17H,1-3H3. The van der Waals surface area contributed by atoms with Crippen molar-refractivity contribution in [3.05, 3.63) is 35.9 Å². The summed E-state index contributed by atoms with van der Waals surface area (Å²) in [5, 5.41) is 19.2. The number of ether oxygens (including phenoxy) is 1. The summed E-state index contributed by atoms with van der Waals surface area (Å²) >= 11 is 0. The molecule has 18 heavy (non-hydrogen) atoms. The van der Waals surface area contributed by atoms with Crippen molar-refractivity contribution >= 4 is 11.8 Å². The zero-order valence-corrected chi connectivity index (χ0v) is 10.5. The van der Waals surface area contributed by atoms with E-state index in [1.807, 2.05) is 0 Å². The van der Waals surface area contributed by atoms with E-state index in [1.165, 1.54) is 12.1 Å². The number of carbonyl (C=O) groups is 2. The number of benzene rings is 1. The average molecular weight is 252 g/mol. The number of rotatable bonds is 3. The van der Waals surface area contributed by atoms with Crippen LogP contribution in [0.5, 0.6) is 0 Å². The summed E-state index contributed by atoms with van der Waals surface area (Å²) in [7, 11) is 0. The maximum Gasteiger partial charge on any atom is 0.375 e. The molecule has 0 unspecified atom stereocenters. The van der Waals surface area contributed by atoms with Crippen molar-refractivity contribution < 1.29 is 24.5 Å². The van der Waals surface area contributed by atoms with E-state index in [0.717, 1.165) is 0 Å². The van der Waals surface area contributed by atoms with Gasteiger partial charge in [-0.2, -0.15) is 0 Å². The largest absolute Gasteiger partial charge is 0.456 e. The summed E-state index contributed by atoms with van der Waals surface area (Å²) in [6.45, 7) is 4.69. The number of ketones is 1. The molecule has 5 nitrogen and oxygen atoms in total. The molecule has 0 saturated carbocycles. The normalized spacial score (nSPS) is 12.1. The van der Waals surface area contributed by atoms with Crippen LogP contribution in [0, 0.1) is 0 Å². The van der Waals surface area contributed by atoms with Crippen molar-refractivity contribution in [1.29, 1.82) is 0 Å². The molecule has 5 heteroatoms. The van der Waals surface area contributed by atoms with Crippen LogP contribution in [0.4, 0.5) is 0 Å². The molecule has 0 fully saturated rings. The van der Waals surface area contributed by atoms with Crippen molar-refractivity contribution in [3.8, 4) is 0 Å². The van der Waals surface area contributed by atoms with Crippen LogP contribution in [0.1, 0.15) is 31.1 Å². The van der Waals surface area contributed by atoms with E-state index in [2.05, 4.69) is 0 Å².